The number of aryl methyl sites for hydroxylation is 1. The second-order valence-electron chi connectivity index (χ2n) is 7.70. The lowest BCUT2D eigenvalue weighted by atomic mass is 9.88. The zero-order chi connectivity index (χ0) is 20.5. The van der Waals surface area contributed by atoms with Crippen LogP contribution in [-0.2, 0) is 26.5 Å². The quantitative estimate of drug-likeness (QED) is 0.783. The van der Waals surface area contributed by atoms with E-state index in [-0.39, 0.29) is 15.8 Å². The Kier molecular flexibility index (Phi) is 5.79. The first-order valence-electron chi connectivity index (χ1n) is 10.1. The van der Waals surface area contributed by atoms with Crippen LogP contribution in [0.5, 0.6) is 0 Å². The minimum Gasteiger partial charge on any atom is -0.207 e. The normalized spacial score (nSPS) is 20.9. The van der Waals surface area contributed by atoms with Crippen molar-refractivity contribution >= 4 is 20.0 Å². The summed E-state index contributed by atoms with van der Waals surface area (Å²) in [6.45, 7) is 1.04. The highest BCUT2D eigenvalue weighted by atomic mass is 32.2. The Labute approximate surface area is 173 Å². The summed E-state index contributed by atoms with van der Waals surface area (Å²) in [7, 11) is -7.32. The molecule has 1 saturated heterocycles. The number of fused-ring (bicyclic) bond motifs is 1. The Hall–Kier alpha value is -1.74. The van der Waals surface area contributed by atoms with Crippen molar-refractivity contribution in [2.45, 2.75) is 54.4 Å². The van der Waals surface area contributed by atoms with E-state index in [1.807, 2.05) is 24.3 Å². The van der Waals surface area contributed by atoms with Crippen LogP contribution < -0.4 is 4.72 Å². The first-order valence-corrected chi connectivity index (χ1v) is 13.0. The van der Waals surface area contributed by atoms with Crippen molar-refractivity contribution in [3.05, 3.63) is 59.7 Å². The molecule has 0 unspecified atom stereocenters. The monoisotopic (exact) mass is 434 g/mol. The Morgan fingerprint density at radius 1 is 0.793 bits per heavy atom. The summed E-state index contributed by atoms with van der Waals surface area (Å²) in [5.41, 5.74) is 2.20. The maximum absolute atomic E-state index is 12.9. The molecule has 0 bridgehead atoms. The number of nitrogens with one attached hydrogen (secondary N) is 1. The van der Waals surface area contributed by atoms with E-state index in [1.165, 1.54) is 34.1 Å². The predicted molar refractivity (Wildman–Crippen MR) is 111 cm³/mol. The fourth-order valence-corrected chi connectivity index (χ4v) is 6.94. The van der Waals surface area contributed by atoms with Gasteiger partial charge >= 0.3 is 0 Å². The van der Waals surface area contributed by atoms with E-state index in [0.717, 1.165) is 44.1 Å². The minimum atomic E-state index is -3.75. The average Bonchev–Trinajstić information content (AvgIpc) is 2.74. The third-order valence-electron chi connectivity index (χ3n) is 5.75. The highest BCUT2D eigenvalue weighted by molar-refractivity contribution is 7.89. The summed E-state index contributed by atoms with van der Waals surface area (Å²) in [6, 6.07) is 13.2. The average molecular weight is 435 g/mol. The lowest BCUT2D eigenvalue weighted by molar-refractivity contribution is 0.346. The third kappa shape index (κ3) is 4.26. The predicted octanol–water partition coefficient (Wildman–Crippen LogP) is 3.22. The van der Waals surface area contributed by atoms with Crippen LogP contribution in [-0.4, -0.2) is 34.2 Å². The molecule has 4 rings (SSSR count). The van der Waals surface area contributed by atoms with Gasteiger partial charge in [0.1, 0.15) is 0 Å². The van der Waals surface area contributed by atoms with Crippen molar-refractivity contribution in [1.82, 2.24) is 9.03 Å². The molecule has 1 fully saturated rings. The SMILES string of the molecule is O=S(=O)(N[C@@H]1CCCc2ccccc21)c1ccc(S(=O)(=O)N2CCCCC2)cc1. The summed E-state index contributed by atoms with van der Waals surface area (Å²) in [6.07, 6.45) is 5.39. The van der Waals surface area contributed by atoms with E-state index in [9.17, 15) is 16.8 Å². The van der Waals surface area contributed by atoms with Crippen molar-refractivity contribution in [2.75, 3.05) is 13.1 Å². The van der Waals surface area contributed by atoms with E-state index in [2.05, 4.69) is 4.72 Å². The highest BCUT2D eigenvalue weighted by Crippen LogP contribution is 2.31. The van der Waals surface area contributed by atoms with Gasteiger partial charge in [0.15, 0.2) is 0 Å². The Morgan fingerprint density at radius 2 is 1.45 bits per heavy atom. The molecule has 1 N–H and O–H groups in total. The Balaban J connectivity index is 1.54. The molecule has 0 amide bonds. The van der Waals surface area contributed by atoms with Gasteiger partial charge in [-0.05, 0) is 67.5 Å². The second-order valence-corrected chi connectivity index (χ2v) is 11.4. The fourth-order valence-electron chi connectivity index (χ4n) is 4.18. The molecular weight excluding hydrogens is 408 g/mol. The van der Waals surface area contributed by atoms with Crippen molar-refractivity contribution in [3.8, 4) is 0 Å². The maximum atomic E-state index is 12.9. The lowest BCUT2D eigenvalue weighted by Gasteiger charge is -2.26. The summed E-state index contributed by atoms with van der Waals surface area (Å²) >= 11 is 0. The van der Waals surface area contributed by atoms with E-state index in [0.29, 0.717) is 13.1 Å². The van der Waals surface area contributed by atoms with Gasteiger partial charge in [0.2, 0.25) is 20.0 Å². The number of sulfonamides is 2. The fraction of sp³-hybridized carbons (Fsp3) is 0.429. The van der Waals surface area contributed by atoms with Crippen LogP contribution in [0.2, 0.25) is 0 Å². The van der Waals surface area contributed by atoms with Crippen LogP contribution in [0, 0.1) is 0 Å². The van der Waals surface area contributed by atoms with Crippen LogP contribution >= 0.6 is 0 Å². The van der Waals surface area contributed by atoms with Gasteiger partial charge in [-0.1, -0.05) is 30.7 Å². The number of rotatable bonds is 5. The lowest BCUT2D eigenvalue weighted by Crippen LogP contribution is -2.35. The molecule has 1 atom stereocenters. The van der Waals surface area contributed by atoms with E-state index < -0.39 is 20.0 Å². The molecule has 1 aliphatic carbocycles. The molecule has 2 aromatic rings. The van der Waals surface area contributed by atoms with Gasteiger partial charge in [-0.3, -0.25) is 0 Å². The van der Waals surface area contributed by atoms with Gasteiger partial charge in [0.25, 0.3) is 0 Å². The number of hydrogen-bond donors (Lipinski definition) is 1. The molecular formula is C21H26N2O4S2. The standard InChI is InChI=1S/C21H26N2O4S2/c24-28(25,22-21-10-6-8-17-7-2-3-9-20(17)21)18-11-13-19(14-12-18)29(26,27)23-15-4-1-5-16-23/h2-3,7,9,11-14,21-22H,1,4-6,8,10,15-16H2/t21-/m1/s1. The third-order valence-corrected chi connectivity index (χ3v) is 9.15. The summed E-state index contributed by atoms with van der Waals surface area (Å²) < 4.78 is 55.6. The zero-order valence-corrected chi connectivity index (χ0v) is 17.9. The number of benzene rings is 2. The summed E-state index contributed by atoms with van der Waals surface area (Å²) in [5, 5.41) is 0. The largest absolute Gasteiger partial charge is 0.243 e. The van der Waals surface area contributed by atoms with Crippen LogP contribution in [0.15, 0.2) is 58.3 Å². The van der Waals surface area contributed by atoms with Crippen molar-refractivity contribution in [1.29, 1.82) is 0 Å². The maximum Gasteiger partial charge on any atom is 0.243 e. The molecule has 0 saturated carbocycles. The highest BCUT2D eigenvalue weighted by Gasteiger charge is 2.28. The van der Waals surface area contributed by atoms with Gasteiger partial charge < -0.3 is 0 Å². The smallest absolute Gasteiger partial charge is 0.207 e. The Morgan fingerprint density at radius 3 is 2.17 bits per heavy atom. The number of nitrogens with zero attached hydrogens (tertiary/aromatic N) is 1. The van der Waals surface area contributed by atoms with Crippen LogP contribution in [0.4, 0.5) is 0 Å². The molecule has 6 nitrogen and oxygen atoms in total. The first kappa shape index (κ1) is 20.5. The molecule has 1 heterocycles. The van der Waals surface area contributed by atoms with Gasteiger partial charge in [-0.15, -0.1) is 0 Å². The van der Waals surface area contributed by atoms with Crippen LogP contribution in [0.25, 0.3) is 0 Å². The molecule has 0 radical (unpaired) electrons. The van der Waals surface area contributed by atoms with Crippen molar-refractivity contribution in [2.24, 2.45) is 0 Å². The molecule has 0 aromatic heterocycles. The topological polar surface area (TPSA) is 83.5 Å². The molecule has 2 aromatic carbocycles. The number of piperidine rings is 1. The molecule has 29 heavy (non-hydrogen) atoms. The minimum absolute atomic E-state index is 0.0816. The van der Waals surface area contributed by atoms with E-state index in [1.54, 1.807) is 0 Å². The Bertz CT molecular complexity index is 1070. The van der Waals surface area contributed by atoms with E-state index in [4.69, 9.17) is 0 Å². The van der Waals surface area contributed by atoms with Gasteiger partial charge in [0.05, 0.1) is 9.79 Å². The van der Waals surface area contributed by atoms with E-state index >= 15 is 0 Å². The second kappa shape index (κ2) is 8.18. The van der Waals surface area contributed by atoms with Crippen molar-refractivity contribution in [3.63, 3.8) is 0 Å². The molecule has 8 heteroatoms. The summed E-state index contributed by atoms with van der Waals surface area (Å²) in [4.78, 5) is 0.222. The molecule has 156 valence electrons. The molecule has 1 aliphatic heterocycles. The molecule has 2 aliphatic rings. The van der Waals surface area contributed by atoms with Gasteiger partial charge in [-0.2, -0.15) is 4.31 Å². The van der Waals surface area contributed by atoms with Gasteiger partial charge in [0, 0.05) is 19.1 Å². The van der Waals surface area contributed by atoms with Crippen molar-refractivity contribution < 1.29 is 16.8 Å². The zero-order valence-electron chi connectivity index (χ0n) is 16.2. The first-order chi connectivity index (χ1) is 13.9. The molecule has 0 spiro atoms. The van der Waals surface area contributed by atoms with Crippen LogP contribution in [0.1, 0.15) is 49.3 Å². The number of hydrogen-bond acceptors (Lipinski definition) is 4. The van der Waals surface area contributed by atoms with Crippen LogP contribution in [0.3, 0.4) is 0 Å². The van der Waals surface area contributed by atoms with Gasteiger partial charge in [-0.25, -0.2) is 21.6 Å². The summed E-state index contributed by atoms with van der Waals surface area (Å²) in [5.74, 6) is 0.